The van der Waals surface area contributed by atoms with Gasteiger partial charge in [0.25, 0.3) is 5.91 Å². The van der Waals surface area contributed by atoms with E-state index in [0.717, 1.165) is 10.4 Å². The summed E-state index contributed by atoms with van der Waals surface area (Å²) in [5.74, 6) is -1.67. The number of hydrogen-bond donors (Lipinski definition) is 2. The lowest BCUT2D eigenvalue weighted by Crippen LogP contribution is -2.24. The van der Waals surface area contributed by atoms with E-state index >= 15 is 0 Å². The molecular weight excluding hydrogens is 470 g/mol. The van der Waals surface area contributed by atoms with E-state index in [2.05, 4.69) is 5.32 Å². The van der Waals surface area contributed by atoms with Crippen molar-refractivity contribution in [1.82, 2.24) is 4.31 Å². The van der Waals surface area contributed by atoms with Crippen LogP contribution in [0.1, 0.15) is 15.9 Å². The number of carbonyl (C=O) groups excluding carboxylic acids is 2. The van der Waals surface area contributed by atoms with E-state index in [1.165, 1.54) is 44.4 Å². The lowest BCUT2D eigenvalue weighted by Gasteiger charge is -2.14. The van der Waals surface area contributed by atoms with Gasteiger partial charge in [0.05, 0.1) is 15.5 Å². The second-order valence-electron chi connectivity index (χ2n) is 6.58. The monoisotopic (exact) mass is 489 g/mol. The van der Waals surface area contributed by atoms with Crippen LogP contribution in [0, 0.1) is 6.92 Å². The van der Waals surface area contributed by atoms with Crippen molar-refractivity contribution < 1.29 is 31.2 Å². The molecule has 2 aromatic carbocycles. The lowest BCUT2D eigenvalue weighted by atomic mass is 10.1. The number of rotatable bonds is 7. The summed E-state index contributed by atoms with van der Waals surface area (Å²) in [6.07, 6.45) is 0. The average Bonchev–Trinajstić information content (AvgIpc) is 2.66. The summed E-state index contributed by atoms with van der Waals surface area (Å²) in [5, 5.41) is 7.44. The number of hydrogen-bond acceptors (Lipinski definition) is 7. The summed E-state index contributed by atoms with van der Waals surface area (Å²) in [6.45, 7) is 0.861. The molecule has 0 aliphatic heterocycles. The van der Waals surface area contributed by atoms with Gasteiger partial charge in [-0.15, -0.1) is 0 Å². The zero-order valence-corrected chi connectivity index (χ0v) is 19.1. The van der Waals surface area contributed by atoms with E-state index in [-0.39, 0.29) is 26.1 Å². The highest BCUT2D eigenvalue weighted by Gasteiger charge is 2.22. The number of halogens is 1. The first kappa shape index (κ1) is 24.8. The van der Waals surface area contributed by atoms with Gasteiger partial charge in [-0.1, -0.05) is 17.7 Å². The first-order valence-corrected chi connectivity index (χ1v) is 11.9. The second-order valence-corrected chi connectivity index (χ2v) is 10.7. The molecule has 168 valence electrons. The Balaban J connectivity index is 2.12. The van der Waals surface area contributed by atoms with Gasteiger partial charge in [0.1, 0.15) is 4.90 Å². The molecule has 3 N–H and O–H groups in total. The van der Waals surface area contributed by atoms with Crippen molar-refractivity contribution in [1.29, 1.82) is 0 Å². The van der Waals surface area contributed by atoms with E-state index in [1.807, 2.05) is 0 Å². The third kappa shape index (κ3) is 6.02. The van der Waals surface area contributed by atoms with Crippen LogP contribution >= 0.6 is 11.6 Å². The van der Waals surface area contributed by atoms with Gasteiger partial charge in [0, 0.05) is 19.8 Å². The molecule has 0 spiro atoms. The van der Waals surface area contributed by atoms with Gasteiger partial charge >= 0.3 is 5.97 Å². The Bertz CT molecular complexity index is 1240. The van der Waals surface area contributed by atoms with Gasteiger partial charge in [-0.05, 0) is 42.8 Å². The van der Waals surface area contributed by atoms with Crippen molar-refractivity contribution in [2.45, 2.75) is 16.7 Å². The van der Waals surface area contributed by atoms with Crippen LogP contribution in [0.5, 0.6) is 0 Å². The van der Waals surface area contributed by atoms with Crippen molar-refractivity contribution >= 4 is 49.2 Å². The number of aryl methyl sites for hydroxylation is 1. The highest BCUT2D eigenvalue weighted by Crippen LogP contribution is 2.26. The van der Waals surface area contributed by atoms with Crippen LogP contribution in [0.25, 0.3) is 0 Å². The number of esters is 1. The van der Waals surface area contributed by atoms with E-state index in [9.17, 15) is 26.4 Å². The molecule has 1 amide bonds. The molecule has 2 rings (SSSR count). The number of nitrogens with two attached hydrogens (primary N) is 1. The third-order valence-corrected chi connectivity index (χ3v) is 7.27. The minimum atomic E-state index is -4.02. The fourth-order valence-electron chi connectivity index (χ4n) is 2.38. The standard InChI is InChI=1S/C18H20ClN3O7S2/c1-11-4-6-13(30(20,25)26)9-14(11)18(24)29-10-17(23)21-12-5-7-15(19)16(8-12)31(27,28)22(2)3/h4-9H,10H2,1-3H3,(H,21,23)(H2,20,25,26). The van der Waals surface area contributed by atoms with Crippen LogP contribution < -0.4 is 10.5 Å². The summed E-state index contributed by atoms with van der Waals surface area (Å²) >= 11 is 5.95. The molecule has 31 heavy (non-hydrogen) atoms. The average molecular weight is 490 g/mol. The molecular formula is C18H20ClN3O7S2. The number of sulfonamides is 2. The van der Waals surface area contributed by atoms with Crippen LogP contribution in [-0.2, 0) is 29.6 Å². The summed E-state index contributed by atoms with van der Waals surface area (Å²) in [5.41, 5.74) is 0.484. The molecule has 13 heteroatoms. The maximum absolute atomic E-state index is 12.3. The normalized spacial score (nSPS) is 11.9. The number of nitrogens with one attached hydrogen (secondary N) is 1. The fourth-order valence-corrected chi connectivity index (χ4v) is 4.31. The molecule has 0 aromatic heterocycles. The van der Waals surface area contributed by atoms with Crippen molar-refractivity contribution in [3.05, 3.63) is 52.5 Å². The minimum absolute atomic E-state index is 0.0247. The quantitative estimate of drug-likeness (QED) is 0.556. The number of anilines is 1. The Hall–Kier alpha value is -2.51. The Morgan fingerprint density at radius 1 is 1.10 bits per heavy atom. The smallest absolute Gasteiger partial charge is 0.338 e. The molecule has 0 unspecified atom stereocenters. The van der Waals surface area contributed by atoms with Crippen LogP contribution in [0.4, 0.5) is 5.69 Å². The number of benzene rings is 2. The molecule has 0 aliphatic carbocycles. The Kier molecular flexibility index (Phi) is 7.44. The van der Waals surface area contributed by atoms with E-state index < -0.39 is 38.5 Å². The predicted octanol–water partition coefficient (Wildman–Crippen LogP) is 1.34. The Labute approximate surface area is 185 Å². The summed E-state index contributed by atoms with van der Waals surface area (Å²) < 4.78 is 53.4. The number of nitrogens with zero attached hydrogens (tertiary/aromatic N) is 1. The van der Waals surface area contributed by atoms with Crippen LogP contribution in [0.2, 0.25) is 5.02 Å². The van der Waals surface area contributed by atoms with Gasteiger partial charge in [-0.2, -0.15) is 0 Å². The number of carbonyl (C=O) groups is 2. The van der Waals surface area contributed by atoms with E-state index in [4.69, 9.17) is 21.5 Å². The minimum Gasteiger partial charge on any atom is -0.452 e. The Morgan fingerprint density at radius 2 is 1.74 bits per heavy atom. The van der Waals surface area contributed by atoms with Gasteiger partial charge in [0.2, 0.25) is 20.0 Å². The van der Waals surface area contributed by atoms with Crippen LogP contribution in [0.15, 0.2) is 46.2 Å². The molecule has 0 radical (unpaired) electrons. The van der Waals surface area contributed by atoms with Crippen molar-refractivity contribution in [3.63, 3.8) is 0 Å². The molecule has 10 nitrogen and oxygen atoms in total. The van der Waals surface area contributed by atoms with Crippen molar-refractivity contribution in [2.24, 2.45) is 5.14 Å². The van der Waals surface area contributed by atoms with Gasteiger partial charge in [-0.3, -0.25) is 4.79 Å². The first-order valence-electron chi connectivity index (χ1n) is 8.56. The maximum Gasteiger partial charge on any atom is 0.338 e. The molecule has 0 bridgehead atoms. The van der Waals surface area contributed by atoms with Crippen LogP contribution in [-0.4, -0.2) is 53.7 Å². The zero-order chi connectivity index (χ0) is 23.6. The number of ether oxygens (including phenoxy) is 1. The Morgan fingerprint density at radius 3 is 2.32 bits per heavy atom. The largest absolute Gasteiger partial charge is 0.452 e. The fraction of sp³-hybridized carbons (Fsp3) is 0.222. The number of amides is 1. The van der Waals surface area contributed by atoms with E-state index in [0.29, 0.717) is 5.56 Å². The van der Waals surface area contributed by atoms with Gasteiger partial charge in [0.15, 0.2) is 6.61 Å². The lowest BCUT2D eigenvalue weighted by molar-refractivity contribution is -0.119. The highest BCUT2D eigenvalue weighted by molar-refractivity contribution is 7.89. The highest BCUT2D eigenvalue weighted by atomic mass is 35.5. The van der Waals surface area contributed by atoms with Crippen LogP contribution in [0.3, 0.4) is 0 Å². The zero-order valence-electron chi connectivity index (χ0n) is 16.7. The topological polar surface area (TPSA) is 153 Å². The SMILES string of the molecule is Cc1ccc(S(N)(=O)=O)cc1C(=O)OCC(=O)Nc1ccc(Cl)c(S(=O)(=O)N(C)C)c1. The van der Waals surface area contributed by atoms with E-state index in [1.54, 1.807) is 6.92 Å². The van der Waals surface area contributed by atoms with Gasteiger partial charge in [-0.25, -0.2) is 31.1 Å². The predicted molar refractivity (Wildman–Crippen MR) is 114 cm³/mol. The molecule has 0 fully saturated rings. The van der Waals surface area contributed by atoms with Crippen molar-refractivity contribution in [3.8, 4) is 0 Å². The maximum atomic E-state index is 12.3. The third-order valence-electron chi connectivity index (χ3n) is 4.07. The summed E-state index contributed by atoms with van der Waals surface area (Å²) in [7, 11) is -5.19. The van der Waals surface area contributed by atoms with Gasteiger partial charge < -0.3 is 10.1 Å². The molecule has 0 atom stereocenters. The first-order chi connectivity index (χ1) is 14.2. The number of primary sulfonamides is 1. The summed E-state index contributed by atoms with van der Waals surface area (Å²) in [6, 6.07) is 7.56. The molecule has 0 aliphatic rings. The molecule has 2 aromatic rings. The second kappa shape index (κ2) is 9.32. The van der Waals surface area contributed by atoms with Crippen molar-refractivity contribution in [2.75, 3.05) is 26.0 Å². The molecule has 0 heterocycles. The molecule has 0 saturated carbocycles. The summed E-state index contributed by atoms with van der Waals surface area (Å²) in [4.78, 5) is 23.9. The molecule has 0 saturated heterocycles.